The third kappa shape index (κ3) is 4.08. The van der Waals surface area contributed by atoms with Crippen LogP contribution in [-0.4, -0.2) is 57.9 Å². The van der Waals surface area contributed by atoms with Crippen molar-refractivity contribution in [1.82, 2.24) is 19.8 Å². The Kier molecular flexibility index (Phi) is 5.50. The quantitative estimate of drug-likeness (QED) is 0.889. The average Bonchev–Trinajstić information content (AvgIpc) is 3.48. The molecule has 0 spiro atoms. The fraction of sp³-hybridized carbons (Fsp3) is 0.667. The molecule has 1 saturated carbocycles. The minimum atomic E-state index is -0.0742. The van der Waals surface area contributed by atoms with E-state index in [1.807, 2.05) is 23.6 Å². The number of rotatable bonds is 5. The molecule has 0 aromatic carbocycles. The molecule has 0 bridgehead atoms. The van der Waals surface area contributed by atoms with Gasteiger partial charge in [-0.2, -0.15) is 0 Å². The number of urea groups is 1. The number of piperidine rings is 1. The number of anilines is 1. The number of hydrogen-bond donors (Lipinski definition) is 1. The van der Waals surface area contributed by atoms with E-state index in [2.05, 4.69) is 15.3 Å². The van der Waals surface area contributed by atoms with E-state index in [0.717, 1.165) is 18.5 Å². The van der Waals surface area contributed by atoms with Gasteiger partial charge in [0.25, 0.3) is 0 Å². The molecular formula is C18H27N5O2. The zero-order valence-corrected chi connectivity index (χ0v) is 15.1. The Morgan fingerprint density at radius 1 is 1.12 bits per heavy atom. The van der Waals surface area contributed by atoms with Crippen LogP contribution in [-0.2, 0) is 4.79 Å². The van der Waals surface area contributed by atoms with E-state index in [0.29, 0.717) is 50.8 Å². The highest BCUT2D eigenvalue weighted by Gasteiger charge is 2.32. The highest BCUT2D eigenvalue weighted by atomic mass is 16.2. The third-order valence-corrected chi connectivity index (χ3v) is 5.10. The number of amides is 3. The summed E-state index contributed by atoms with van der Waals surface area (Å²) in [5, 5.41) is 2.96. The summed E-state index contributed by atoms with van der Waals surface area (Å²) >= 11 is 0. The summed E-state index contributed by atoms with van der Waals surface area (Å²) in [6.07, 6.45) is 6.92. The monoisotopic (exact) mass is 345 g/mol. The van der Waals surface area contributed by atoms with Gasteiger partial charge in [0.15, 0.2) is 5.82 Å². The molecule has 2 aliphatic rings. The van der Waals surface area contributed by atoms with Crippen molar-refractivity contribution >= 4 is 17.8 Å². The SMILES string of the molecule is CCN(CC)C(=O)N1CCC(C(=O)Nc2nccnc2C2CC2)CC1. The number of carbonyl (C=O) groups excluding carboxylic acids is 2. The number of hydrogen-bond acceptors (Lipinski definition) is 4. The molecule has 3 amide bonds. The Balaban J connectivity index is 1.54. The summed E-state index contributed by atoms with van der Waals surface area (Å²) in [4.78, 5) is 37.3. The zero-order chi connectivity index (χ0) is 17.8. The van der Waals surface area contributed by atoms with Crippen molar-refractivity contribution in [3.05, 3.63) is 18.1 Å². The first-order valence-electron chi connectivity index (χ1n) is 9.29. The molecular weight excluding hydrogens is 318 g/mol. The van der Waals surface area contributed by atoms with Crippen LogP contribution in [0.3, 0.4) is 0 Å². The standard InChI is InChI=1S/C18H27N5O2/c1-3-22(4-2)18(25)23-11-7-14(8-12-23)17(24)21-16-15(13-5-6-13)19-9-10-20-16/h9-10,13-14H,3-8,11-12H2,1-2H3,(H,20,21,24). The van der Waals surface area contributed by atoms with Gasteiger partial charge in [-0.1, -0.05) is 0 Å². The van der Waals surface area contributed by atoms with E-state index in [-0.39, 0.29) is 17.9 Å². The molecule has 1 N–H and O–H groups in total. The van der Waals surface area contributed by atoms with Crippen LogP contribution in [0.2, 0.25) is 0 Å². The second-order valence-electron chi connectivity index (χ2n) is 6.77. The molecule has 7 heteroatoms. The number of nitrogens with zero attached hydrogens (tertiary/aromatic N) is 4. The smallest absolute Gasteiger partial charge is 0.319 e. The molecule has 25 heavy (non-hydrogen) atoms. The van der Waals surface area contributed by atoms with Gasteiger partial charge >= 0.3 is 6.03 Å². The van der Waals surface area contributed by atoms with Crippen molar-refractivity contribution in [3.8, 4) is 0 Å². The maximum absolute atomic E-state index is 12.6. The Morgan fingerprint density at radius 3 is 2.36 bits per heavy atom. The molecule has 0 atom stereocenters. The van der Waals surface area contributed by atoms with Crippen molar-refractivity contribution in [2.45, 2.75) is 45.4 Å². The van der Waals surface area contributed by atoms with Crippen LogP contribution in [0.25, 0.3) is 0 Å². The lowest BCUT2D eigenvalue weighted by molar-refractivity contribution is -0.121. The molecule has 1 aliphatic heterocycles. The summed E-state index contributed by atoms with van der Waals surface area (Å²) < 4.78 is 0. The van der Waals surface area contributed by atoms with Crippen LogP contribution < -0.4 is 5.32 Å². The van der Waals surface area contributed by atoms with Crippen molar-refractivity contribution in [3.63, 3.8) is 0 Å². The summed E-state index contributed by atoms with van der Waals surface area (Å²) in [6, 6.07) is 0.0776. The maximum Gasteiger partial charge on any atom is 0.319 e. The van der Waals surface area contributed by atoms with Crippen LogP contribution in [0.4, 0.5) is 10.6 Å². The molecule has 1 saturated heterocycles. The van der Waals surface area contributed by atoms with E-state index in [9.17, 15) is 9.59 Å². The van der Waals surface area contributed by atoms with Gasteiger partial charge in [0.05, 0.1) is 5.69 Å². The largest absolute Gasteiger partial charge is 0.325 e. The zero-order valence-electron chi connectivity index (χ0n) is 15.1. The summed E-state index contributed by atoms with van der Waals surface area (Å²) in [7, 11) is 0. The van der Waals surface area contributed by atoms with Gasteiger partial charge in [-0.25, -0.2) is 9.78 Å². The molecule has 7 nitrogen and oxygen atoms in total. The van der Waals surface area contributed by atoms with Gasteiger partial charge in [-0.3, -0.25) is 9.78 Å². The van der Waals surface area contributed by atoms with Crippen molar-refractivity contribution in [1.29, 1.82) is 0 Å². The van der Waals surface area contributed by atoms with E-state index in [1.54, 1.807) is 12.4 Å². The molecule has 1 aromatic rings. The highest BCUT2D eigenvalue weighted by Crippen LogP contribution is 2.41. The van der Waals surface area contributed by atoms with Crippen LogP contribution in [0.5, 0.6) is 0 Å². The van der Waals surface area contributed by atoms with Gasteiger partial charge in [0, 0.05) is 50.4 Å². The third-order valence-electron chi connectivity index (χ3n) is 5.10. The Bertz CT molecular complexity index is 620. The number of aromatic nitrogens is 2. The van der Waals surface area contributed by atoms with Crippen molar-refractivity contribution < 1.29 is 9.59 Å². The molecule has 136 valence electrons. The van der Waals surface area contributed by atoms with Crippen LogP contribution in [0.15, 0.2) is 12.4 Å². The van der Waals surface area contributed by atoms with Crippen LogP contribution in [0, 0.1) is 5.92 Å². The molecule has 0 unspecified atom stereocenters. The Morgan fingerprint density at radius 2 is 1.76 bits per heavy atom. The van der Waals surface area contributed by atoms with Gasteiger partial charge in [-0.05, 0) is 39.5 Å². The summed E-state index contributed by atoms with van der Waals surface area (Å²) in [6.45, 7) is 6.66. The van der Waals surface area contributed by atoms with E-state index >= 15 is 0 Å². The topological polar surface area (TPSA) is 78.4 Å². The van der Waals surface area contributed by atoms with E-state index in [1.165, 1.54) is 0 Å². The van der Waals surface area contributed by atoms with E-state index in [4.69, 9.17) is 0 Å². The molecule has 0 radical (unpaired) electrons. The molecule has 3 rings (SSSR count). The minimum absolute atomic E-state index is 0.00246. The second kappa shape index (κ2) is 7.80. The maximum atomic E-state index is 12.6. The number of nitrogens with one attached hydrogen (secondary N) is 1. The summed E-state index contributed by atoms with van der Waals surface area (Å²) in [5.74, 6) is 0.973. The molecule has 1 aromatic heterocycles. The average molecular weight is 345 g/mol. The molecule has 1 aliphatic carbocycles. The van der Waals surface area contributed by atoms with Gasteiger partial charge < -0.3 is 15.1 Å². The predicted octanol–water partition coefficient (Wildman–Crippen LogP) is 2.47. The molecule has 2 fully saturated rings. The lowest BCUT2D eigenvalue weighted by atomic mass is 9.96. The van der Waals surface area contributed by atoms with Gasteiger partial charge in [0.2, 0.25) is 5.91 Å². The van der Waals surface area contributed by atoms with E-state index < -0.39 is 0 Å². The number of likely N-dealkylation sites (tertiary alicyclic amines) is 1. The van der Waals surface area contributed by atoms with Gasteiger partial charge in [-0.15, -0.1) is 0 Å². The minimum Gasteiger partial charge on any atom is -0.325 e. The normalized spacial score (nSPS) is 18.1. The van der Waals surface area contributed by atoms with Crippen molar-refractivity contribution in [2.75, 3.05) is 31.5 Å². The first-order chi connectivity index (χ1) is 12.1. The summed E-state index contributed by atoms with van der Waals surface area (Å²) in [5.41, 5.74) is 0.907. The Hall–Kier alpha value is -2.18. The second-order valence-corrected chi connectivity index (χ2v) is 6.77. The first-order valence-corrected chi connectivity index (χ1v) is 9.29. The van der Waals surface area contributed by atoms with Crippen LogP contribution in [0.1, 0.15) is 51.1 Å². The Labute approximate surface area is 148 Å². The van der Waals surface area contributed by atoms with Crippen molar-refractivity contribution in [2.24, 2.45) is 5.92 Å². The fourth-order valence-electron chi connectivity index (χ4n) is 3.35. The predicted molar refractivity (Wildman–Crippen MR) is 95.3 cm³/mol. The van der Waals surface area contributed by atoms with Crippen LogP contribution >= 0.6 is 0 Å². The molecule has 2 heterocycles. The highest BCUT2D eigenvalue weighted by molar-refractivity contribution is 5.92. The lowest BCUT2D eigenvalue weighted by Crippen LogP contribution is -2.47. The van der Waals surface area contributed by atoms with Gasteiger partial charge in [0.1, 0.15) is 0 Å². The first kappa shape index (κ1) is 17.6. The fourth-order valence-corrected chi connectivity index (χ4v) is 3.35. The number of carbonyl (C=O) groups is 2. The lowest BCUT2D eigenvalue weighted by Gasteiger charge is -2.34.